The molecule has 1 amide bonds. The largest absolute Gasteiger partial charge is 0.345 e. The van der Waals surface area contributed by atoms with Crippen molar-refractivity contribution in [2.75, 3.05) is 37.3 Å². The number of fused-ring (bicyclic) bond motifs is 1. The van der Waals surface area contributed by atoms with Gasteiger partial charge in [-0.05, 0) is 48.7 Å². The number of carbonyl (C=O) groups is 1. The van der Waals surface area contributed by atoms with Crippen LogP contribution in [0.3, 0.4) is 0 Å². The third-order valence-corrected chi connectivity index (χ3v) is 7.81. The van der Waals surface area contributed by atoms with E-state index < -0.39 is 9.84 Å². The first kappa shape index (κ1) is 20.8. The van der Waals surface area contributed by atoms with E-state index in [9.17, 15) is 13.2 Å². The second-order valence-electron chi connectivity index (χ2n) is 7.89. The van der Waals surface area contributed by atoms with Gasteiger partial charge in [-0.25, -0.2) is 13.4 Å². The lowest BCUT2D eigenvalue weighted by Crippen LogP contribution is -2.49. The van der Waals surface area contributed by atoms with Crippen LogP contribution in [-0.4, -0.2) is 56.6 Å². The van der Waals surface area contributed by atoms with Gasteiger partial charge in [0.25, 0.3) is 0 Å². The highest BCUT2D eigenvalue weighted by molar-refractivity contribution is 7.90. The third-order valence-electron chi connectivity index (χ3n) is 5.42. The van der Waals surface area contributed by atoms with Crippen LogP contribution in [0.1, 0.15) is 16.7 Å². The molecule has 2 aromatic carbocycles. The van der Waals surface area contributed by atoms with Crippen LogP contribution in [0, 0.1) is 13.8 Å². The molecule has 1 aliphatic heterocycles. The normalized spacial score (nSPS) is 15.0. The molecule has 158 valence electrons. The van der Waals surface area contributed by atoms with E-state index in [4.69, 9.17) is 4.98 Å². The highest BCUT2D eigenvalue weighted by Gasteiger charge is 2.23. The van der Waals surface area contributed by atoms with E-state index >= 15 is 0 Å². The molecule has 2 heterocycles. The van der Waals surface area contributed by atoms with Crippen LogP contribution < -0.4 is 4.90 Å². The van der Waals surface area contributed by atoms with Gasteiger partial charge in [0.2, 0.25) is 5.91 Å². The molecule has 0 saturated carbocycles. The molecule has 8 heteroatoms. The number of hydrogen-bond acceptors (Lipinski definition) is 6. The molecule has 0 atom stereocenters. The molecule has 4 rings (SSSR count). The van der Waals surface area contributed by atoms with Gasteiger partial charge in [-0.3, -0.25) is 4.79 Å². The molecule has 0 unspecified atom stereocenters. The highest BCUT2D eigenvalue weighted by Crippen LogP contribution is 2.32. The van der Waals surface area contributed by atoms with Gasteiger partial charge in [0.1, 0.15) is 0 Å². The first-order chi connectivity index (χ1) is 14.2. The number of carbonyl (C=O) groups excluding carboxylic acids is 1. The Morgan fingerprint density at radius 2 is 1.73 bits per heavy atom. The van der Waals surface area contributed by atoms with Crippen molar-refractivity contribution < 1.29 is 13.2 Å². The fourth-order valence-electron chi connectivity index (χ4n) is 3.79. The number of hydrogen-bond donors (Lipinski definition) is 0. The van der Waals surface area contributed by atoms with E-state index in [2.05, 4.69) is 30.9 Å². The molecule has 0 radical (unpaired) electrons. The molecule has 1 fully saturated rings. The predicted molar refractivity (Wildman–Crippen MR) is 121 cm³/mol. The first-order valence-corrected chi connectivity index (χ1v) is 12.6. The van der Waals surface area contributed by atoms with Crippen molar-refractivity contribution in [3.05, 3.63) is 53.1 Å². The molecule has 0 spiro atoms. The molecule has 0 N–H and O–H groups in total. The number of rotatable bonds is 4. The van der Waals surface area contributed by atoms with Crippen molar-refractivity contribution in [3.8, 4) is 0 Å². The Labute approximate surface area is 181 Å². The monoisotopic (exact) mass is 443 g/mol. The Morgan fingerprint density at radius 1 is 1.07 bits per heavy atom. The van der Waals surface area contributed by atoms with Gasteiger partial charge in [0, 0.05) is 32.4 Å². The minimum Gasteiger partial charge on any atom is -0.345 e. The van der Waals surface area contributed by atoms with Crippen LogP contribution in [-0.2, 0) is 21.1 Å². The van der Waals surface area contributed by atoms with Crippen molar-refractivity contribution in [1.82, 2.24) is 9.88 Å². The summed E-state index contributed by atoms with van der Waals surface area (Å²) in [5.41, 5.74) is 4.34. The summed E-state index contributed by atoms with van der Waals surface area (Å²) in [5.74, 6) is 0.0672. The molecule has 0 aliphatic carbocycles. The Bertz CT molecular complexity index is 1190. The Hall–Kier alpha value is -2.45. The zero-order valence-corrected chi connectivity index (χ0v) is 19.0. The van der Waals surface area contributed by atoms with E-state index in [1.54, 1.807) is 35.6 Å². The predicted octanol–water partition coefficient (Wildman–Crippen LogP) is 3.21. The zero-order valence-electron chi connectivity index (χ0n) is 17.4. The SMILES string of the molecule is Cc1cc(C)c2sc(N3CCN(C(=O)Cc4ccc(S(C)(=O)=O)cc4)CC3)nc2c1. The summed E-state index contributed by atoms with van der Waals surface area (Å²) in [5, 5.41) is 1.02. The second kappa shape index (κ2) is 8.00. The lowest BCUT2D eigenvalue weighted by molar-refractivity contribution is -0.130. The number of anilines is 1. The van der Waals surface area contributed by atoms with Crippen LogP contribution in [0.15, 0.2) is 41.3 Å². The number of piperazine rings is 1. The molecule has 6 nitrogen and oxygen atoms in total. The number of amides is 1. The lowest BCUT2D eigenvalue weighted by atomic mass is 10.1. The lowest BCUT2D eigenvalue weighted by Gasteiger charge is -2.34. The van der Waals surface area contributed by atoms with E-state index in [0.29, 0.717) is 13.1 Å². The molecule has 30 heavy (non-hydrogen) atoms. The molecule has 0 bridgehead atoms. The number of nitrogens with zero attached hydrogens (tertiary/aromatic N) is 3. The summed E-state index contributed by atoms with van der Waals surface area (Å²) >= 11 is 1.72. The van der Waals surface area contributed by atoms with Gasteiger partial charge < -0.3 is 9.80 Å². The number of sulfone groups is 1. The van der Waals surface area contributed by atoms with Gasteiger partial charge in [0.05, 0.1) is 21.5 Å². The average Bonchev–Trinajstić information content (AvgIpc) is 3.12. The fourth-order valence-corrected chi connectivity index (χ4v) is 5.49. The third kappa shape index (κ3) is 4.34. The maximum absolute atomic E-state index is 12.7. The van der Waals surface area contributed by atoms with Crippen LogP contribution in [0.2, 0.25) is 0 Å². The first-order valence-electron chi connectivity index (χ1n) is 9.90. The van der Waals surface area contributed by atoms with Crippen molar-refractivity contribution in [2.24, 2.45) is 0 Å². The van der Waals surface area contributed by atoms with Crippen LogP contribution >= 0.6 is 11.3 Å². The van der Waals surface area contributed by atoms with Crippen molar-refractivity contribution in [2.45, 2.75) is 25.2 Å². The van der Waals surface area contributed by atoms with E-state index in [-0.39, 0.29) is 17.2 Å². The Balaban J connectivity index is 1.38. The molecule has 1 aliphatic rings. The number of thiazole rings is 1. The summed E-state index contributed by atoms with van der Waals surface area (Å²) in [6.45, 7) is 7.05. The number of aryl methyl sites for hydroxylation is 2. The van der Waals surface area contributed by atoms with Gasteiger partial charge in [-0.1, -0.05) is 29.5 Å². The highest BCUT2D eigenvalue weighted by atomic mass is 32.2. The minimum atomic E-state index is -3.22. The molecule has 1 saturated heterocycles. The van der Waals surface area contributed by atoms with E-state index in [1.165, 1.54) is 22.1 Å². The van der Waals surface area contributed by atoms with Crippen molar-refractivity contribution in [1.29, 1.82) is 0 Å². The van der Waals surface area contributed by atoms with Gasteiger partial charge in [-0.15, -0.1) is 0 Å². The summed E-state index contributed by atoms with van der Waals surface area (Å²) in [6.07, 6.45) is 1.46. The quantitative estimate of drug-likeness (QED) is 0.619. The van der Waals surface area contributed by atoms with Gasteiger partial charge >= 0.3 is 0 Å². The number of benzene rings is 2. The van der Waals surface area contributed by atoms with Crippen LogP contribution in [0.5, 0.6) is 0 Å². The van der Waals surface area contributed by atoms with E-state index in [1.807, 2.05) is 4.90 Å². The van der Waals surface area contributed by atoms with Gasteiger partial charge in [-0.2, -0.15) is 0 Å². The summed E-state index contributed by atoms with van der Waals surface area (Å²) in [7, 11) is -3.22. The fraction of sp³-hybridized carbons (Fsp3) is 0.364. The molecule has 3 aromatic rings. The summed E-state index contributed by atoms with van der Waals surface area (Å²) < 4.78 is 24.4. The smallest absolute Gasteiger partial charge is 0.227 e. The van der Waals surface area contributed by atoms with Crippen molar-refractivity contribution >= 4 is 42.4 Å². The summed E-state index contributed by atoms with van der Waals surface area (Å²) in [4.78, 5) is 21.9. The molecular formula is C22H25N3O3S2. The zero-order chi connectivity index (χ0) is 21.5. The Kier molecular flexibility index (Phi) is 5.55. The van der Waals surface area contributed by atoms with Crippen molar-refractivity contribution in [3.63, 3.8) is 0 Å². The standard InChI is InChI=1S/C22H25N3O3S2/c1-15-12-16(2)21-19(13-15)23-22(29-21)25-10-8-24(9-11-25)20(26)14-17-4-6-18(7-5-17)30(3,27)28/h4-7,12-13H,8-11,14H2,1-3H3. The van der Waals surface area contributed by atoms with E-state index in [0.717, 1.165) is 29.3 Å². The minimum absolute atomic E-state index is 0.0672. The maximum Gasteiger partial charge on any atom is 0.227 e. The molecular weight excluding hydrogens is 418 g/mol. The second-order valence-corrected chi connectivity index (χ2v) is 10.9. The maximum atomic E-state index is 12.7. The molecule has 1 aromatic heterocycles. The van der Waals surface area contributed by atoms with Crippen LogP contribution in [0.25, 0.3) is 10.2 Å². The van der Waals surface area contributed by atoms with Crippen LogP contribution in [0.4, 0.5) is 5.13 Å². The Morgan fingerprint density at radius 3 is 2.37 bits per heavy atom. The summed E-state index contributed by atoms with van der Waals surface area (Å²) in [6, 6.07) is 10.9. The van der Waals surface area contributed by atoms with Gasteiger partial charge in [0.15, 0.2) is 15.0 Å². The number of aromatic nitrogens is 1. The topological polar surface area (TPSA) is 70.6 Å². The average molecular weight is 444 g/mol.